The van der Waals surface area contributed by atoms with E-state index in [9.17, 15) is 14.7 Å². The van der Waals surface area contributed by atoms with Crippen LogP contribution in [0, 0.1) is 0 Å². The number of phenolic OH excluding ortho intramolecular Hbond substituents is 1. The second-order valence-electron chi connectivity index (χ2n) is 5.14. The molecule has 2 aromatic carbocycles. The minimum Gasteiger partial charge on any atom is -0.507 e. The molecule has 2 rings (SSSR count). The van der Waals surface area contributed by atoms with E-state index in [1.54, 1.807) is 37.3 Å². The van der Waals surface area contributed by atoms with E-state index in [0.717, 1.165) is 6.08 Å². The van der Waals surface area contributed by atoms with Crippen LogP contribution in [0.2, 0.25) is 0 Å². The number of phenols is 1. The van der Waals surface area contributed by atoms with Gasteiger partial charge in [0.2, 0.25) is 0 Å². The second-order valence-corrected chi connectivity index (χ2v) is 5.14. The standard InChI is InChI=1S/C19H18O5/c1-3-18(21)24-13(2)12-23-15-9-10-16(17(20)11-15)19(22)14-7-5-4-6-8-14/h3-11,13,20H,1,12H2,2H3. The third kappa shape index (κ3) is 4.46. The Kier molecular flexibility index (Phi) is 5.73. The van der Waals surface area contributed by atoms with Gasteiger partial charge < -0.3 is 14.6 Å². The number of carbonyl (C=O) groups is 2. The molecule has 124 valence electrons. The van der Waals surface area contributed by atoms with Gasteiger partial charge in [0.1, 0.15) is 24.2 Å². The number of ketones is 1. The molecule has 5 heteroatoms. The van der Waals surface area contributed by atoms with Crippen LogP contribution in [-0.4, -0.2) is 29.6 Å². The summed E-state index contributed by atoms with van der Waals surface area (Å²) in [6.45, 7) is 5.11. The summed E-state index contributed by atoms with van der Waals surface area (Å²) >= 11 is 0. The Morgan fingerprint density at radius 3 is 2.54 bits per heavy atom. The average Bonchev–Trinajstić information content (AvgIpc) is 2.60. The van der Waals surface area contributed by atoms with Gasteiger partial charge >= 0.3 is 5.97 Å². The van der Waals surface area contributed by atoms with E-state index in [0.29, 0.717) is 11.3 Å². The van der Waals surface area contributed by atoms with E-state index in [2.05, 4.69) is 6.58 Å². The quantitative estimate of drug-likeness (QED) is 0.481. The van der Waals surface area contributed by atoms with Crippen molar-refractivity contribution in [1.29, 1.82) is 0 Å². The number of hydrogen-bond donors (Lipinski definition) is 1. The van der Waals surface area contributed by atoms with Crippen molar-refractivity contribution >= 4 is 11.8 Å². The summed E-state index contributed by atoms with van der Waals surface area (Å²) in [7, 11) is 0. The van der Waals surface area contributed by atoms with Gasteiger partial charge in [-0.2, -0.15) is 0 Å². The summed E-state index contributed by atoms with van der Waals surface area (Å²) in [6.07, 6.45) is 0.607. The van der Waals surface area contributed by atoms with E-state index < -0.39 is 12.1 Å². The predicted molar refractivity (Wildman–Crippen MR) is 89.2 cm³/mol. The van der Waals surface area contributed by atoms with Crippen molar-refractivity contribution in [1.82, 2.24) is 0 Å². The Bertz CT molecular complexity index is 737. The molecule has 0 fully saturated rings. The van der Waals surface area contributed by atoms with Crippen LogP contribution < -0.4 is 4.74 Å². The lowest BCUT2D eigenvalue weighted by atomic mass is 10.0. The molecule has 0 aliphatic carbocycles. The maximum atomic E-state index is 12.3. The highest BCUT2D eigenvalue weighted by Gasteiger charge is 2.14. The highest BCUT2D eigenvalue weighted by atomic mass is 16.6. The molecule has 0 radical (unpaired) electrons. The summed E-state index contributed by atoms with van der Waals surface area (Å²) in [5, 5.41) is 10.1. The molecule has 5 nitrogen and oxygen atoms in total. The summed E-state index contributed by atoms with van der Waals surface area (Å²) in [4.78, 5) is 23.4. The number of benzene rings is 2. The molecule has 0 bridgehead atoms. The first-order valence-corrected chi connectivity index (χ1v) is 7.40. The topological polar surface area (TPSA) is 72.8 Å². The van der Waals surface area contributed by atoms with Gasteiger partial charge in [0, 0.05) is 17.7 Å². The minimum absolute atomic E-state index is 0.116. The molecule has 0 aromatic heterocycles. The summed E-state index contributed by atoms with van der Waals surface area (Å²) in [5.41, 5.74) is 0.686. The molecule has 0 heterocycles. The monoisotopic (exact) mass is 326 g/mol. The fourth-order valence-corrected chi connectivity index (χ4v) is 2.03. The van der Waals surface area contributed by atoms with Crippen molar-refractivity contribution < 1.29 is 24.2 Å². The molecule has 0 aliphatic rings. The third-order valence-corrected chi connectivity index (χ3v) is 3.22. The Morgan fingerprint density at radius 2 is 1.92 bits per heavy atom. The zero-order chi connectivity index (χ0) is 17.5. The fourth-order valence-electron chi connectivity index (χ4n) is 2.03. The van der Waals surface area contributed by atoms with Crippen LogP contribution >= 0.6 is 0 Å². The van der Waals surface area contributed by atoms with Crippen LogP contribution in [0.5, 0.6) is 11.5 Å². The van der Waals surface area contributed by atoms with Crippen LogP contribution in [0.4, 0.5) is 0 Å². The number of rotatable bonds is 7. The molecule has 1 atom stereocenters. The van der Waals surface area contributed by atoms with Gasteiger partial charge in [-0.3, -0.25) is 4.79 Å². The van der Waals surface area contributed by atoms with E-state index in [-0.39, 0.29) is 23.7 Å². The minimum atomic E-state index is -0.530. The van der Waals surface area contributed by atoms with Gasteiger partial charge in [0.15, 0.2) is 5.78 Å². The molecule has 0 aliphatic heterocycles. The van der Waals surface area contributed by atoms with Crippen LogP contribution in [-0.2, 0) is 9.53 Å². The van der Waals surface area contributed by atoms with Crippen LogP contribution in [0.15, 0.2) is 61.2 Å². The maximum Gasteiger partial charge on any atom is 0.330 e. The van der Waals surface area contributed by atoms with E-state index in [1.807, 2.05) is 6.07 Å². The molecular formula is C19H18O5. The Labute approximate surface area is 140 Å². The van der Waals surface area contributed by atoms with Crippen molar-refractivity contribution in [2.24, 2.45) is 0 Å². The highest BCUT2D eigenvalue weighted by molar-refractivity contribution is 6.10. The smallest absolute Gasteiger partial charge is 0.330 e. The van der Waals surface area contributed by atoms with Gasteiger partial charge in [-0.1, -0.05) is 36.9 Å². The largest absolute Gasteiger partial charge is 0.507 e. The number of esters is 1. The van der Waals surface area contributed by atoms with Gasteiger partial charge in [-0.15, -0.1) is 0 Å². The second kappa shape index (κ2) is 7.97. The lowest BCUT2D eigenvalue weighted by Gasteiger charge is -2.14. The molecule has 0 amide bonds. The third-order valence-electron chi connectivity index (χ3n) is 3.22. The Morgan fingerprint density at radius 1 is 1.21 bits per heavy atom. The summed E-state index contributed by atoms with van der Waals surface area (Å²) < 4.78 is 10.4. The molecule has 2 aromatic rings. The highest BCUT2D eigenvalue weighted by Crippen LogP contribution is 2.26. The van der Waals surface area contributed by atoms with Crippen molar-refractivity contribution in [2.75, 3.05) is 6.61 Å². The van der Waals surface area contributed by atoms with E-state index >= 15 is 0 Å². The van der Waals surface area contributed by atoms with Gasteiger partial charge in [-0.05, 0) is 19.1 Å². The van der Waals surface area contributed by atoms with Crippen molar-refractivity contribution in [3.63, 3.8) is 0 Å². The van der Waals surface area contributed by atoms with Gasteiger partial charge in [0.05, 0.1) is 5.56 Å². The first kappa shape index (κ1) is 17.3. The maximum absolute atomic E-state index is 12.3. The molecular weight excluding hydrogens is 308 g/mol. The van der Waals surface area contributed by atoms with Gasteiger partial charge in [-0.25, -0.2) is 4.79 Å². The number of aromatic hydroxyl groups is 1. The first-order chi connectivity index (χ1) is 11.5. The molecule has 1 unspecified atom stereocenters. The summed E-state index contributed by atoms with van der Waals surface area (Å²) in [6, 6.07) is 13.1. The van der Waals surface area contributed by atoms with Crippen molar-refractivity contribution in [3.05, 3.63) is 72.3 Å². The molecule has 0 saturated heterocycles. The number of hydrogen-bond acceptors (Lipinski definition) is 5. The zero-order valence-corrected chi connectivity index (χ0v) is 13.3. The Balaban J connectivity index is 2.03. The number of carbonyl (C=O) groups excluding carboxylic acids is 2. The molecule has 0 saturated carbocycles. The predicted octanol–water partition coefficient (Wildman–Crippen LogP) is 3.12. The first-order valence-electron chi connectivity index (χ1n) is 7.40. The lowest BCUT2D eigenvalue weighted by molar-refractivity contribution is -0.143. The molecule has 0 spiro atoms. The molecule has 24 heavy (non-hydrogen) atoms. The zero-order valence-electron chi connectivity index (χ0n) is 13.3. The number of ether oxygens (including phenoxy) is 2. The average molecular weight is 326 g/mol. The van der Waals surface area contributed by atoms with Crippen molar-refractivity contribution in [2.45, 2.75) is 13.0 Å². The lowest BCUT2D eigenvalue weighted by Crippen LogP contribution is -2.20. The van der Waals surface area contributed by atoms with Crippen molar-refractivity contribution in [3.8, 4) is 11.5 Å². The SMILES string of the molecule is C=CC(=O)OC(C)COc1ccc(C(=O)c2ccccc2)c(O)c1. The van der Waals surface area contributed by atoms with Crippen LogP contribution in [0.1, 0.15) is 22.8 Å². The van der Waals surface area contributed by atoms with Gasteiger partial charge in [0.25, 0.3) is 0 Å². The fraction of sp³-hybridized carbons (Fsp3) is 0.158. The molecule has 1 N–H and O–H groups in total. The van der Waals surface area contributed by atoms with Crippen LogP contribution in [0.3, 0.4) is 0 Å². The normalized spacial score (nSPS) is 11.4. The van der Waals surface area contributed by atoms with Crippen LogP contribution in [0.25, 0.3) is 0 Å². The van der Waals surface area contributed by atoms with E-state index in [1.165, 1.54) is 12.1 Å². The van der Waals surface area contributed by atoms with E-state index in [4.69, 9.17) is 9.47 Å². The summed E-state index contributed by atoms with van der Waals surface area (Å²) in [5.74, 6) is -0.596. The Hall–Kier alpha value is -3.08.